The second kappa shape index (κ2) is 8.14. The number of anilines is 1. The molecule has 0 spiro atoms. The van der Waals surface area contributed by atoms with Gasteiger partial charge in [-0.3, -0.25) is 4.79 Å². The van der Waals surface area contributed by atoms with Crippen molar-refractivity contribution in [1.29, 1.82) is 0 Å². The number of unbranched alkanes of at least 4 members (excludes halogenated alkanes) is 1. The Morgan fingerprint density at radius 1 is 1.24 bits per heavy atom. The molecule has 0 atom stereocenters. The van der Waals surface area contributed by atoms with Crippen LogP contribution in [0.2, 0.25) is 0 Å². The third-order valence-corrected chi connectivity index (χ3v) is 4.62. The number of benzene rings is 1. The van der Waals surface area contributed by atoms with E-state index in [1.54, 1.807) is 4.90 Å². The Morgan fingerprint density at radius 2 is 1.86 bits per heavy atom. The zero-order chi connectivity index (χ0) is 15.9. The molecule has 21 heavy (non-hydrogen) atoms. The zero-order valence-electron chi connectivity index (χ0n) is 12.9. The van der Waals surface area contributed by atoms with Crippen LogP contribution in [0.15, 0.2) is 24.3 Å². The first-order valence-corrected chi connectivity index (χ1v) is 8.83. The smallest absolute Gasteiger partial charge is 0.223 e. The first kappa shape index (κ1) is 17.7. The summed E-state index contributed by atoms with van der Waals surface area (Å²) in [6, 6.07) is 7.58. The summed E-state index contributed by atoms with van der Waals surface area (Å²) in [5.74, 6) is 0.0280. The van der Waals surface area contributed by atoms with Gasteiger partial charge in [0.25, 0.3) is 0 Å². The maximum absolute atomic E-state index is 11.7. The third kappa shape index (κ3) is 6.27. The number of nitrogens with one attached hydrogen (secondary N) is 1. The molecule has 0 bridgehead atoms. The van der Waals surface area contributed by atoms with E-state index in [0.29, 0.717) is 13.0 Å². The SMILES string of the molecule is CCCCS(=O)(=O)NCCN(C(C)=O)c1ccc(C)cc1. The fourth-order valence-electron chi connectivity index (χ4n) is 1.91. The van der Waals surface area contributed by atoms with Crippen molar-refractivity contribution in [1.82, 2.24) is 4.72 Å². The van der Waals surface area contributed by atoms with Crippen LogP contribution in [0.3, 0.4) is 0 Å². The summed E-state index contributed by atoms with van der Waals surface area (Å²) in [4.78, 5) is 13.3. The standard InChI is InChI=1S/C15H24N2O3S/c1-4-5-12-21(19,20)16-10-11-17(14(3)18)15-8-6-13(2)7-9-15/h6-9,16H,4-5,10-12H2,1-3H3. The van der Waals surface area contributed by atoms with E-state index in [1.807, 2.05) is 38.1 Å². The highest BCUT2D eigenvalue weighted by molar-refractivity contribution is 7.89. The van der Waals surface area contributed by atoms with Crippen molar-refractivity contribution in [2.24, 2.45) is 0 Å². The zero-order valence-corrected chi connectivity index (χ0v) is 13.7. The van der Waals surface area contributed by atoms with Crippen LogP contribution in [0.1, 0.15) is 32.3 Å². The molecule has 0 heterocycles. The molecule has 1 amide bonds. The molecular formula is C15H24N2O3S. The lowest BCUT2D eigenvalue weighted by Gasteiger charge is -2.21. The maximum atomic E-state index is 11.7. The molecule has 0 aliphatic carbocycles. The van der Waals surface area contributed by atoms with Gasteiger partial charge in [-0.2, -0.15) is 0 Å². The Kier molecular flexibility index (Phi) is 6.84. The van der Waals surface area contributed by atoms with Gasteiger partial charge in [0.1, 0.15) is 0 Å². The highest BCUT2D eigenvalue weighted by Crippen LogP contribution is 2.14. The van der Waals surface area contributed by atoms with Gasteiger partial charge >= 0.3 is 0 Å². The molecule has 0 saturated carbocycles. The van der Waals surface area contributed by atoms with Gasteiger partial charge in [-0.05, 0) is 25.5 Å². The molecule has 0 radical (unpaired) electrons. The van der Waals surface area contributed by atoms with Crippen LogP contribution in [-0.2, 0) is 14.8 Å². The van der Waals surface area contributed by atoms with E-state index in [0.717, 1.165) is 17.7 Å². The predicted octanol–water partition coefficient (Wildman–Crippen LogP) is 2.07. The number of aryl methyl sites for hydroxylation is 1. The Labute approximate surface area is 127 Å². The number of carbonyl (C=O) groups excluding carboxylic acids is 1. The number of nitrogens with zero attached hydrogens (tertiary/aromatic N) is 1. The normalized spacial score (nSPS) is 11.4. The molecule has 6 heteroatoms. The summed E-state index contributed by atoms with van der Waals surface area (Å²) in [7, 11) is -3.24. The van der Waals surface area contributed by atoms with Gasteiger partial charge in [0.2, 0.25) is 15.9 Å². The highest BCUT2D eigenvalue weighted by Gasteiger charge is 2.13. The Bertz CT molecular complexity index is 553. The van der Waals surface area contributed by atoms with Crippen LogP contribution in [0, 0.1) is 6.92 Å². The number of hydrogen-bond donors (Lipinski definition) is 1. The molecule has 0 unspecified atom stereocenters. The van der Waals surface area contributed by atoms with Gasteiger partial charge < -0.3 is 4.90 Å². The van der Waals surface area contributed by atoms with Crippen LogP contribution in [-0.4, -0.2) is 33.2 Å². The van der Waals surface area contributed by atoms with Crippen molar-refractivity contribution >= 4 is 21.6 Å². The van der Waals surface area contributed by atoms with Crippen molar-refractivity contribution in [2.45, 2.75) is 33.6 Å². The maximum Gasteiger partial charge on any atom is 0.223 e. The number of carbonyl (C=O) groups is 1. The lowest BCUT2D eigenvalue weighted by molar-refractivity contribution is -0.116. The van der Waals surface area contributed by atoms with E-state index in [9.17, 15) is 13.2 Å². The fourth-order valence-corrected chi connectivity index (χ4v) is 3.13. The minimum Gasteiger partial charge on any atom is -0.311 e. The average molecular weight is 312 g/mol. The van der Waals surface area contributed by atoms with E-state index in [1.165, 1.54) is 6.92 Å². The Morgan fingerprint density at radius 3 is 2.38 bits per heavy atom. The van der Waals surface area contributed by atoms with Gasteiger partial charge in [-0.25, -0.2) is 13.1 Å². The lowest BCUT2D eigenvalue weighted by atomic mass is 10.2. The first-order valence-electron chi connectivity index (χ1n) is 7.18. The van der Waals surface area contributed by atoms with Gasteiger partial charge in [0, 0.05) is 25.7 Å². The minimum atomic E-state index is -3.24. The van der Waals surface area contributed by atoms with Crippen molar-refractivity contribution < 1.29 is 13.2 Å². The fraction of sp³-hybridized carbons (Fsp3) is 0.533. The first-order chi connectivity index (χ1) is 9.85. The number of sulfonamides is 1. The molecule has 0 aromatic heterocycles. The van der Waals surface area contributed by atoms with E-state index in [4.69, 9.17) is 0 Å². The summed E-state index contributed by atoms with van der Waals surface area (Å²) in [5.41, 5.74) is 1.89. The molecule has 1 rings (SSSR count). The van der Waals surface area contributed by atoms with Gasteiger partial charge in [-0.15, -0.1) is 0 Å². The van der Waals surface area contributed by atoms with Crippen LogP contribution in [0.25, 0.3) is 0 Å². The Hall–Kier alpha value is -1.40. The monoisotopic (exact) mass is 312 g/mol. The van der Waals surface area contributed by atoms with Crippen molar-refractivity contribution in [3.05, 3.63) is 29.8 Å². The number of rotatable bonds is 8. The quantitative estimate of drug-likeness (QED) is 0.799. The van der Waals surface area contributed by atoms with E-state index in [-0.39, 0.29) is 18.2 Å². The van der Waals surface area contributed by atoms with Crippen molar-refractivity contribution in [3.8, 4) is 0 Å². The van der Waals surface area contributed by atoms with Gasteiger partial charge in [0.05, 0.1) is 5.75 Å². The summed E-state index contributed by atoms with van der Waals surface area (Å²) < 4.78 is 26.0. The van der Waals surface area contributed by atoms with Gasteiger partial charge in [-0.1, -0.05) is 31.0 Å². The molecule has 5 nitrogen and oxygen atoms in total. The molecule has 1 aromatic carbocycles. The van der Waals surface area contributed by atoms with Crippen LogP contribution < -0.4 is 9.62 Å². The summed E-state index contributed by atoms with van der Waals surface area (Å²) in [6.45, 7) is 5.95. The molecule has 1 N–H and O–H groups in total. The van der Waals surface area contributed by atoms with E-state index >= 15 is 0 Å². The van der Waals surface area contributed by atoms with Crippen molar-refractivity contribution in [2.75, 3.05) is 23.7 Å². The molecule has 0 aliphatic rings. The van der Waals surface area contributed by atoms with Crippen LogP contribution in [0.4, 0.5) is 5.69 Å². The summed E-state index contributed by atoms with van der Waals surface area (Å²) >= 11 is 0. The van der Waals surface area contributed by atoms with E-state index in [2.05, 4.69) is 4.72 Å². The largest absolute Gasteiger partial charge is 0.311 e. The number of hydrogen-bond acceptors (Lipinski definition) is 3. The van der Waals surface area contributed by atoms with E-state index < -0.39 is 10.0 Å². The average Bonchev–Trinajstić information content (AvgIpc) is 2.42. The molecule has 0 saturated heterocycles. The van der Waals surface area contributed by atoms with Crippen LogP contribution >= 0.6 is 0 Å². The summed E-state index contributed by atoms with van der Waals surface area (Å²) in [5, 5.41) is 0. The van der Waals surface area contributed by atoms with Crippen molar-refractivity contribution in [3.63, 3.8) is 0 Å². The molecule has 0 fully saturated rings. The number of amides is 1. The highest BCUT2D eigenvalue weighted by atomic mass is 32.2. The molecule has 118 valence electrons. The Balaban J connectivity index is 2.61. The molecule has 1 aromatic rings. The van der Waals surface area contributed by atoms with Crippen LogP contribution in [0.5, 0.6) is 0 Å². The second-order valence-electron chi connectivity index (χ2n) is 5.07. The summed E-state index contributed by atoms with van der Waals surface area (Å²) in [6.07, 6.45) is 1.48. The third-order valence-electron chi connectivity index (χ3n) is 3.15. The topological polar surface area (TPSA) is 66.5 Å². The van der Waals surface area contributed by atoms with Gasteiger partial charge in [0.15, 0.2) is 0 Å². The molecular weight excluding hydrogens is 288 g/mol. The predicted molar refractivity (Wildman–Crippen MR) is 85.9 cm³/mol. The minimum absolute atomic E-state index is 0.105. The lowest BCUT2D eigenvalue weighted by Crippen LogP contribution is -2.38. The molecule has 0 aliphatic heterocycles. The second-order valence-corrected chi connectivity index (χ2v) is 7.00.